The summed E-state index contributed by atoms with van der Waals surface area (Å²) in [4.78, 5) is 0. The molecule has 0 bridgehead atoms. The number of rotatable bonds is 7. The molecule has 0 aliphatic rings. The van der Waals surface area contributed by atoms with Crippen LogP contribution in [0.4, 0.5) is 0 Å². The van der Waals surface area contributed by atoms with Gasteiger partial charge in [0.15, 0.2) is 0 Å². The van der Waals surface area contributed by atoms with Crippen LogP contribution in [0.1, 0.15) is 31.9 Å². The maximum Gasteiger partial charge on any atom is 0.123 e. The Morgan fingerprint density at radius 3 is 2.53 bits per heavy atom. The van der Waals surface area contributed by atoms with E-state index in [1.807, 2.05) is 26.1 Å². The van der Waals surface area contributed by atoms with Crippen LogP contribution >= 0.6 is 0 Å². The van der Waals surface area contributed by atoms with Crippen LogP contribution in [0, 0.1) is 5.92 Å². The Kier molecular flexibility index (Phi) is 6.52. The van der Waals surface area contributed by atoms with Gasteiger partial charge in [-0.15, -0.1) is 0 Å². The molecule has 1 aromatic carbocycles. The lowest BCUT2D eigenvalue weighted by atomic mass is 10.1. The maximum absolute atomic E-state index is 12.3. The number of nitrogens with one attached hydrogen (secondary N) is 1. The second-order valence-electron chi connectivity index (χ2n) is 5.15. The number of ether oxygens (including phenoxy) is 1. The zero-order chi connectivity index (χ0) is 14.4. The van der Waals surface area contributed by atoms with E-state index in [1.54, 1.807) is 7.11 Å². The van der Waals surface area contributed by atoms with E-state index in [9.17, 15) is 4.21 Å². The highest BCUT2D eigenvalue weighted by Crippen LogP contribution is 2.23. The summed E-state index contributed by atoms with van der Waals surface area (Å²) < 4.78 is 17.7. The van der Waals surface area contributed by atoms with Crippen molar-refractivity contribution in [3.63, 3.8) is 0 Å². The van der Waals surface area contributed by atoms with Crippen molar-refractivity contribution in [1.29, 1.82) is 0 Å². The summed E-state index contributed by atoms with van der Waals surface area (Å²) >= 11 is 0. The molecule has 0 spiro atoms. The first kappa shape index (κ1) is 16.2. The normalized spacial score (nSPS) is 14.4. The Balaban J connectivity index is 2.91. The molecule has 1 N–H and O–H groups in total. The molecule has 1 aromatic rings. The van der Waals surface area contributed by atoms with E-state index in [2.05, 4.69) is 25.2 Å². The molecule has 0 amide bonds. The fraction of sp³-hybridized carbons (Fsp3) is 0.600. The Labute approximate surface area is 119 Å². The molecular weight excluding hydrogens is 258 g/mol. The average molecular weight is 283 g/mol. The minimum atomic E-state index is -0.870. The van der Waals surface area contributed by atoms with Gasteiger partial charge >= 0.3 is 0 Å². The highest BCUT2D eigenvalue weighted by Gasteiger charge is 2.17. The standard InChI is InChI=1S/C15H25NO2S/c1-11(2)12(3)19(17)10-14-8-13(9-16-4)6-7-15(14)18-5/h6-8,11-12,16H,9-10H2,1-5H3. The minimum Gasteiger partial charge on any atom is -0.496 e. The van der Waals surface area contributed by atoms with Crippen LogP contribution in [0.3, 0.4) is 0 Å². The van der Waals surface area contributed by atoms with Gasteiger partial charge in [-0.3, -0.25) is 4.21 Å². The van der Waals surface area contributed by atoms with Gasteiger partial charge in [-0.25, -0.2) is 0 Å². The SMILES string of the molecule is CNCc1ccc(OC)c(CS(=O)C(C)C(C)C)c1. The molecule has 0 fully saturated rings. The molecule has 4 heteroatoms. The van der Waals surface area contributed by atoms with E-state index in [4.69, 9.17) is 4.74 Å². The van der Waals surface area contributed by atoms with Crippen molar-refractivity contribution in [3.8, 4) is 5.75 Å². The van der Waals surface area contributed by atoms with Crippen molar-refractivity contribution in [2.45, 2.75) is 38.3 Å². The molecule has 0 radical (unpaired) electrons. The van der Waals surface area contributed by atoms with Gasteiger partial charge in [0.05, 0.1) is 12.9 Å². The van der Waals surface area contributed by atoms with Gasteiger partial charge < -0.3 is 10.1 Å². The second kappa shape index (κ2) is 7.65. The fourth-order valence-corrected chi connectivity index (χ4v) is 3.25. The first-order valence-electron chi connectivity index (χ1n) is 6.67. The lowest BCUT2D eigenvalue weighted by molar-refractivity contribution is 0.411. The predicted octanol–water partition coefficient (Wildman–Crippen LogP) is 2.71. The highest BCUT2D eigenvalue weighted by molar-refractivity contribution is 7.84. The molecule has 0 saturated carbocycles. The van der Waals surface area contributed by atoms with Crippen LogP contribution in [-0.4, -0.2) is 23.6 Å². The van der Waals surface area contributed by atoms with Crippen molar-refractivity contribution in [2.75, 3.05) is 14.2 Å². The van der Waals surface area contributed by atoms with Crippen molar-refractivity contribution >= 4 is 10.8 Å². The second-order valence-corrected chi connectivity index (χ2v) is 6.94. The summed E-state index contributed by atoms with van der Waals surface area (Å²) in [6.07, 6.45) is 0. The van der Waals surface area contributed by atoms with Crippen LogP contribution < -0.4 is 10.1 Å². The highest BCUT2D eigenvalue weighted by atomic mass is 32.2. The topological polar surface area (TPSA) is 38.3 Å². The quantitative estimate of drug-likeness (QED) is 0.836. The molecule has 0 aromatic heterocycles. The molecule has 108 valence electrons. The summed E-state index contributed by atoms with van der Waals surface area (Å²) in [6, 6.07) is 6.08. The zero-order valence-corrected chi connectivity index (χ0v) is 13.3. The van der Waals surface area contributed by atoms with Crippen LogP contribution in [0.15, 0.2) is 18.2 Å². The molecule has 1 rings (SSSR count). The number of hydrogen-bond donors (Lipinski definition) is 1. The molecule has 0 saturated heterocycles. The Bertz CT molecular complexity index is 432. The average Bonchev–Trinajstić information content (AvgIpc) is 2.38. The third-order valence-corrected chi connectivity index (χ3v) is 5.35. The number of hydrogen-bond acceptors (Lipinski definition) is 3. The Morgan fingerprint density at radius 2 is 2.00 bits per heavy atom. The Morgan fingerprint density at radius 1 is 1.32 bits per heavy atom. The summed E-state index contributed by atoms with van der Waals surface area (Å²) in [7, 11) is 2.71. The van der Waals surface area contributed by atoms with E-state index in [0.717, 1.165) is 17.9 Å². The van der Waals surface area contributed by atoms with Crippen molar-refractivity contribution in [3.05, 3.63) is 29.3 Å². The molecule has 2 atom stereocenters. The van der Waals surface area contributed by atoms with Crippen molar-refractivity contribution in [1.82, 2.24) is 5.32 Å². The lowest BCUT2D eigenvalue weighted by Crippen LogP contribution is -2.19. The molecule has 3 nitrogen and oxygen atoms in total. The zero-order valence-electron chi connectivity index (χ0n) is 12.5. The third kappa shape index (κ3) is 4.62. The van der Waals surface area contributed by atoms with Crippen LogP contribution in [0.25, 0.3) is 0 Å². The number of benzene rings is 1. The first-order valence-corrected chi connectivity index (χ1v) is 8.05. The van der Waals surface area contributed by atoms with Gasteiger partial charge in [-0.1, -0.05) is 26.8 Å². The van der Waals surface area contributed by atoms with Gasteiger partial charge in [-0.05, 0) is 30.7 Å². The molecular formula is C15H25NO2S. The largest absolute Gasteiger partial charge is 0.496 e. The minimum absolute atomic E-state index is 0.192. The van der Waals surface area contributed by atoms with Crippen LogP contribution in [0.2, 0.25) is 0 Å². The van der Waals surface area contributed by atoms with E-state index >= 15 is 0 Å². The first-order chi connectivity index (χ1) is 8.99. The van der Waals surface area contributed by atoms with Gasteiger partial charge in [0.25, 0.3) is 0 Å². The summed E-state index contributed by atoms with van der Waals surface area (Å²) in [5, 5.41) is 3.32. The molecule has 19 heavy (non-hydrogen) atoms. The fourth-order valence-electron chi connectivity index (χ4n) is 1.85. The molecule has 0 aliphatic carbocycles. The predicted molar refractivity (Wildman–Crippen MR) is 81.9 cm³/mol. The van der Waals surface area contributed by atoms with E-state index in [-0.39, 0.29) is 5.25 Å². The van der Waals surface area contributed by atoms with E-state index in [0.29, 0.717) is 11.7 Å². The molecule has 2 unspecified atom stereocenters. The summed E-state index contributed by atoms with van der Waals surface area (Å²) in [5.74, 6) is 1.80. The maximum atomic E-state index is 12.3. The van der Waals surface area contributed by atoms with Crippen LogP contribution in [0.5, 0.6) is 5.75 Å². The number of methoxy groups -OCH3 is 1. The smallest absolute Gasteiger partial charge is 0.123 e. The third-order valence-electron chi connectivity index (χ3n) is 3.38. The van der Waals surface area contributed by atoms with Crippen molar-refractivity contribution in [2.24, 2.45) is 5.92 Å². The van der Waals surface area contributed by atoms with Gasteiger partial charge in [0.2, 0.25) is 0 Å². The van der Waals surface area contributed by atoms with Gasteiger partial charge in [0.1, 0.15) is 5.75 Å². The molecule has 0 heterocycles. The molecule has 0 aliphatic heterocycles. The van der Waals surface area contributed by atoms with E-state index in [1.165, 1.54) is 5.56 Å². The Hall–Kier alpha value is -0.870. The van der Waals surface area contributed by atoms with Crippen molar-refractivity contribution < 1.29 is 8.95 Å². The van der Waals surface area contributed by atoms with Gasteiger partial charge in [-0.2, -0.15) is 0 Å². The van der Waals surface area contributed by atoms with Gasteiger partial charge in [0, 0.05) is 28.2 Å². The summed E-state index contributed by atoms with van der Waals surface area (Å²) in [5.41, 5.74) is 2.22. The lowest BCUT2D eigenvalue weighted by Gasteiger charge is -2.17. The summed E-state index contributed by atoms with van der Waals surface area (Å²) in [6.45, 7) is 7.07. The van der Waals surface area contributed by atoms with E-state index < -0.39 is 10.8 Å². The van der Waals surface area contributed by atoms with Crippen LogP contribution in [-0.2, 0) is 23.1 Å². The monoisotopic (exact) mass is 283 g/mol.